The molecule has 0 spiro atoms. The summed E-state index contributed by atoms with van der Waals surface area (Å²) in [7, 11) is 1.45. The normalized spacial score (nSPS) is 20.9. The molecule has 1 aliphatic heterocycles. The van der Waals surface area contributed by atoms with Gasteiger partial charge in [-0.3, -0.25) is 4.90 Å². The zero-order valence-corrected chi connectivity index (χ0v) is 11.6. The van der Waals surface area contributed by atoms with Gasteiger partial charge in [-0.2, -0.15) is 0 Å². The lowest BCUT2D eigenvalue weighted by molar-refractivity contribution is 0.176. The number of likely N-dealkylation sites (tertiary alicyclic amines) is 1. The zero-order chi connectivity index (χ0) is 14.5. The fourth-order valence-corrected chi connectivity index (χ4v) is 2.64. The minimum absolute atomic E-state index is 0.139. The van der Waals surface area contributed by atoms with Crippen molar-refractivity contribution in [1.29, 1.82) is 0 Å². The molecular formula is C14H20FN3O2. The van der Waals surface area contributed by atoms with Crippen LogP contribution in [-0.4, -0.2) is 35.6 Å². The molecule has 0 radical (unpaired) electrons. The molecule has 0 aromatic heterocycles. The number of nitrogens with two attached hydrogens (primary N) is 1. The van der Waals surface area contributed by atoms with Gasteiger partial charge in [0.15, 0.2) is 17.4 Å². The van der Waals surface area contributed by atoms with Gasteiger partial charge in [-0.15, -0.1) is 0 Å². The second kappa shape index (κ2) is 6.56. The van der Waals surface area contributed by atoms with E-state index in [2.05, 4.69) is 5.16 Å². The molecule has 1 aliphatic rings. The average molecular weight is 281 g/mol. The number of benzene rings is 1. The van der Waals surface area contributed by atoms with E-state index in [1.807, 2.05) is 4.90 Å². The van der Waals surface area contributed by atoms with Crippen LogP contribution in [0, 0.1) is 5.82 Å². The van der Waals surface area contributed by atoms with E-state index in [0.717, 1.165) is 25.8 Å². The minimum atomic E-state index is -0.348. The van der Waals surface area contributed by atoms with Crippen LogP contribution in [0.1, 0.15) is 24.8 Å². The highest BCUT2D eigenvalue weighted by atomic mass is 19.1. The summed E-state index contributed by atoms with van der Waals surface area (Å²) < 4.78 is 19.2. The van der Waals surface area contributed by atoms with Crippen molar-refractivity contribution in [1.82, 2.24) is 4.90 Å². The summed E-state index contributed by atoms with van der Waals surface area (Å²) in [5, 5.41) is 11.9. The molecule has 0 bridgehead atoms. The number of hydrogen-bond acceptors (Lipinski definition) is 4. The Balaban J connectivity index is 2.19. The molecule has 0 amide bonds. The van der Waals surface area contributed by atoms with Crippen LogP contribution in [-0.2, 0) is 6.54 Å². The maximum Gasteiger partial charge on any atom is 0.169 e. The average Bonchev–Trinajstić information content (AvgIpc) is 2.49. The van der Waals surface area contributed by atoms with Crippen molar-refractivity contribution < 1.29 is 14.3 Å². The van der Waals surface area contributed by atoms with E-state index < -0.39 is 0 Å². The molecule has 1 fully saturated rings. The van der Waals surface area contributed by atoms with Crippen LogP contribution in [0.4, 0.5) is 4.39 Å². The van der Waals surface area contributed by atoms with Crippen LogP contribution in [0.3, 0.4) is 0 Å². The van der Waals surface area contributed by atoms with Crippen molar-refractivity contribution in [3.63, 3.8) is 0 Å². The molecule has 6 heteroatoms. The second-order valence-electron chi connectivity index (χ2n) is 4.94. The molecule has 1 aromatic rings. The number of methoxy groups -OCH3 is 1. The van der Waals surface area contributed by atoms with Crippen LogP contribution >= 0.6 is 0 Å². The van der Waals surface area contributed by atoms with E-state index in [0.29, 0.717) is 12.1 Å². The molecular weight excluding hydrogens is 261 g/mol. The standard InChI is InChI=1S/C14H20FN3O2/c1-20-12-7-4-5-10(13(12)15)9-18-8-3-2-6-11(18)14(16)17-19/h4-5,7,11,19H,2-3,6,8-9H2,1H3,(H2,16,17). The Bertz CT molecular complexity index is 493. The fourth-order valence-electron chi connectivity index (χ4n) is 2.64. The summed E-state index contributed by atoms with van der Waals surface area (Å²) in [6, 6.07) is 4.95. The predicted molar refractivity (Wildman–Crippen MR) is 74.4 cm³/mol. The molecule has 5 nitrogen and oxygen atoms in total. The quantitative estimate of drug-likeness (QED) is 0.383. The smallest absolute Gasteiger partial charge is 0.169 e. The van der Waals surface area contributed by atoms with Gasteiger partial charge in [-0.25, -0.2) is 4.39 Å². The van der Waals surface area contributed by atoms with E-state index in [9.17, 15) is 4.39 Å². The summed E-state index contributed by atoms with van der Waals surface area (Å²) >= 11 is 0. The number of amidine groups is 1. The fraction of sp³-hybridized carbons (Fsp3) is 0.500. The number of oxime groups is 1. The van der Waals surface area contributed by atoms with Crippen molar-refractivity contribution in [2.45, 2.75) is 31.8 Å². The minimum Gasteiger partial charge on any atom is -0.494 e. The number of halogens is 1. The van der Waals surface area contributed by atoms with Crippen LogP contribution in [0.25, 0.3) is 0 Å². The van der Waals surface area contributed by atoms with Gasteiger partial charge in [-0.05, 0) is 25.5 Å². The summed E-state index contributed by atoms with van der Waals surface area (Å²) in [6.07, 6.45) is 2.88. The Morgan fingerprint density at radius 1 is 1.55 bits per heavy atom. The van der Waals surface area contributed by atoms with Gasteiger partial charge in [0.05, 0.1) is 13.2 Å². The van der Waals surface area contributed by atoms with E-state index in [1.54, 1.807) is 18.2 Å². The summed E-state index contributed by atoms with van der Waals surface area (Å²) in [6.45, 7) is 1.22. The van der Waals surface area contributed by atoms with Crippen molar-refractivity contribution >= 4 is 5.84 Å². The largest absolute Gasteiger partial charge is 0.494 e. The van der Waals surface area contributed by atoms with Gasteiger partial charge in [0.1, 0.15) is 0 Å². The molecule has 1 heterocycles. The topological polar surface area (TPSA) is 71.1 Å². The first-order valence-corrected chi connectivity index (χ1v) is 6.70. The Morgan fingerprint density at radius 2 is 2.35 bits per heavy atom. The highest BCUT2D eigenvalue weighted by Gasteiger charge is 2.27. The van der Waals surface area contributed by atoms with Gasteiger partial charge in [0, 0.05) is 12.1 Å². The third-order valence-electron chi connectivity index (χ3n) is 3.71. The Labute approximate surface area is 117 Å². The van der Waals surface area contributed by atoms with Gasteiger partial charge in [-0.1, -0.05) is 23.7 Å². The van der Waals surface area contributed by atoms with Crippen molar-refractivity contribution in [3.8, 4) is 5.75 Å². The van der Waals surface area contributed by atoms with Crippen molar-refractivity contribution in [2.75, 3.05) is 13.7 Å². The Morgan fingerprint density at radius 3 is 3.05 bits per heavy atom. The van der Waals surface area contributed by atoms with E-state index >= 15 is 0 Å². The lowest BCUT2D eigenvalue weighted by Gasteiger charge is -2.34. The highest BCUT2D eigenvalue weighted by Crippen LogP contribution is 2.24. The number of rotatable bonds is 4. The summed E-state index contributed by atoms with van der Waals surface area (Å²) in [5.41, 5.74) is 6.28. The Kier molecular flexibility index (Phi) is 4.79. The molecule has 2 rings (SSSR count). The predicted octanol–water partition coefficient (Wildman–Crippen LogP) is 1.94. The SMILES string of the molecule is COc1cccc(CN2CCCCC2/C(N)=N/O)c1F. The third kappa shape index (κ3) is 3.01. The van der Waals surface area contributed by atoms with Gasteiger partial charge in [0.2, 0.25) is 0 Å². The molecule has 1 aromatic carbocycles. The maximum atomic E-state index is 14.2. The molecule has 0 saturated carbocycles. The lowest BCUT2D eigenvalue weighted by Crippen LogP contribution is -2.47. The van der Waals surface area contributed by atoms with Crippen LogP contribution in [0.15, 0.2) is 23.4 Å². The Hall–Kier alpha value is -1.82. The molecule has 110 valence electrons. The van der Waals surface area contributed by atoms with Crippen LogP contribution in [0.2, 0.25) is 0 Å². The molecule has 1 saturated heterocycles. The molecule has 1 unspecified atom stereocenters. The molecule has 20 heavy (non-hydrogen) atoms. The molecule has 3 N–H and O–H groups in total. The van der Waals surface area contributed by atoms with Crippen LogP contribution in [0.5, 0.6) is 5.75 Å². The molecule has 0 aliphatic carbocycles. The van der Waals surface area contributed by atoms with E-state index in [-0.39, 0.29) is 23.4 Å². The third-order valence-corrected chi connectivity index (χ3v) is 3.71. The van der Waals surface area contributed by atoms with Crippen molar-refractivity contribution in [3.05, 3.63) is 29.6 Å². The van der Waals surface area contributed by atoms with E-state index in [4.69, 9.17) is 15.7 Å². The monoisotopic (exact) mass is 281 g/mol. The second-order valence-corrected chi connectivity index (χ2v) is 4.94. The van der Waals surface area contributed by atoms with Gasteiger partial charge < -0.3 is 15.7 Å². The van der Waals surface area contributed by atoms with Gasteiger partial charge >= 0.3 is 0 Å². The number of nitrogens with zero attached hydrogens (tertiary/aromatic N) is 2. The number of piperidine rings is 1. The number of hydrogen-bond donors (Lipinski definition) is 2. The summed E-state index contributed by atoms with van der Waals surface area (Å²) in [5.74, 6) is 0.0756. The van der Waals surface area contributed by atoms with Crippen molar-refractivity contribution in [2.24, 2.45) is 10.9 Å². The first kappa shape index (κ1) is 14.6. The summed E-state index contributed by atoms with van der Waals surface area (Å²) in [4.78, 5) is 2.04. The first-order valence-electron chi connectivity index (χ1n) is 6.70. The van der Waals surface area contributed by atoms with Gasteiger partial charge in [0.25, 0.3) is 0 Å². The zero-order valence-electron chi connectivity index (χ0n) is 11.6. The first-order chi connectivity index (χ1) is 9.67. The maximum absolute atomic E-state index is 14.2. The lowest BCUT2D eigenvalue weighted by atomic mass is 10.00. The van der Waals surface area contributed by atoms with E-state index in [1.165, 1.54) is 7.11 Å². The van der Waals surface area contributed by atoms with Crippen LogP contribution < -0.4 is 10.5 Å². The highest BCUT2D eigenvalue weighted by molar-refractivity contribution is 5.85. The molecule has 1 atom stereocenters. The number of ether oxygens (including phenoxy) is 1.